The van der Waals surface area contributed by atoms with Crippen molar-refractivity contribution < 1.29 is 0 Å². The first kappa shape index (κ1) is 13.4. The van der Waals surface area contributed by atoms with Crippen LogP contribution in [-0.2, 0) is 6.54 Å². The number of nitrogens with one attached hydrogen (secondary N) is 1. The first-order valence-corrected chi connectivity index (χ1v) is 7.96. The molecule has 1 N–H and O–H groups in total. The van der Waals surface area contributed by atoms with E-state index in [1.807, 2.05) is 17.5 Å². The molecule has 0 saturated heterocycles. The predicted octanol–water partition coefficient (Wildman–Crippen LogP) is 4.62. The summed E-state index contributed by atoms with van der Waals surface area (Å²) in [6.45, 7) is 1.94. The van der Waals surface area contributed by atoms with Crippen LogP contribution >= 0.6 is 34.5 Å². The molecular weight excluding hydrogens is 299 g/mol. The van der Waals surface area contributed by atoms with E-state index in [9.17, 15) is 0 Å². The summed E-state index contributed by atoms with van der Waals surface area (Å²) < 4.78 is 0. The first-order chi connectivity index (χ1) is 9.22. The van der Waals surface area contributed by atoms with Gasteiger partial charge in [0.05, 0.1) is 10.7 Å². The van der Waals surface area contributed by atoms with Crippen LogP contribution in [0.1, 0.15) is 17.8 Å². The van der Waals surface area contributed by atoms with E-state index in [1.54, 1.807) is 17.4 Å². The lowest BCUT2D eigenvalue weighted by Gasteiger charge is -2.01. The molecule has 0 atom stereocenters. The van der Waals surface area contributed by atoms with Gasteiger partial charge in [-0.25, -0.2) is 4.98 Å². The van der Waals surface area contributed by atoms with Crippen molar-refractivity contribution in [2.45, 2.75) is 19.4 Å². The highest BCUT2D eigenvalue weighted by Gasteiger charge is 2.20. The third kappa shape index (κ3) is 3.48. The van der Waals surface area contributed by atoms with Gasteiger partial charge in [-0.1, -0.05) is 23.2 Å². The number of hydrogen-bond donors (Lipinski definition) is 1. The van der Waals surface area contributed by atoms with Crippen LogP contribution in [0.25, 0.3) is 11.3 Å². The fourth-order valence-electron chi connectivity index (χ4n) is 1.91. The molecule has 1 aromatic heterocycles. The van der Waals surface area contributed by atoms with Crippen LogP contribution in [0.15, 0.2) is 23.6 Å². The minimum atomic E-state index is 0.681. The Morgan fingerprint density at radius 1 is 1.32 bits per heavy atom. The second kappa shape index (κ2) is 5.80. The molecule has 0 amide bonds. The Labute approximate surface area is 126 Å². The van der Waals surface area contributed by atoms with E-state index in [4.69, 9.17) is 23.2 Å². The third-order valence-electron chi connectivity index (χ3n) is 3.16. The van der Waals surface area contributed by atoms with Crippen molar-refractivity contribution in [3.8, 4) is 11.3 Å². The van der Waals surface area contributed by atoms with Gasteiger partial charge in [0.1, 0.15) is 5.01 Å². The zero-order valence-corrected chi connectivity index (χ0v) is 12.7. The summed E-state index contributed by atoms with van der Waals surface area (Å²) in [5.41, 5.74) is 1.81. The lowest BCUT2D eigenvalue weighted by molar-refractivity contribution is 0.637. The highest BCUT2D eigenvalue weighted by Crippen LogP contribution is 2.31. The average molecular weight is 313 g/mol. The van der Waals surface area contributed by atoms with E-state index in [2.05, 4.69) is 10.3 Å². The Bertz CT molecular complexity index is 579. The van der Waals surface area contributed by atoms with Crippen LogP contribution < -0.4 is 5.32 Å². The highest BCUT2D eigenvalue weighted by atomic mass is 35.5. The monoisotopic (exact) mass is 312 g/mol. The minimum absolute atomic E-state index is 0.681. The zero-order chi connectivity index (χ0) is 13.2. The normalized spacial score (nSPS) is 14.8. The molecule has 1 saturated carbocycles. The molecule has 1 heterocycles. The maximum Gasteiger partial charge on any atom is 0.107 e. The molecular formula is C14H14Cl2N2S. The summed E-state index contributed by atoms with van der Waals surface area (Å²) in [6.07, 6.45) is 2.74. The zero-order valence-electron chi connectivity index (χ0n) is 10.3. The third-order valence-corrected chi connectivity index (χ3v) is 4.58. The second-order valence-corrected chi connectivity index (χ2v) is 6.61. The SMILES string of the molecule is Clc1ccc(Cl)c(-c2csc(CNCC3CC3)n2)c1. The van der Waals surface area contributed by atoms with Gasteiger partial charge in [-0.15, -0.1) is 11.3 Å². The van der Waals surface area contributed by atoms with Crippen LogP contribution in [0, 0.1) is 5.92 Å². The molecule has 2 aromatic rings. The Balaban J connectivity index is 1.70. The molecule has 0 bridgehead atoms. The van der Waals surface area contributed by atoms with Crippen molar-refractivity contribution in [1.29, 1.82) is 0 Å². The first-order valence-electron chi connectivity index (χ1n) is 6.33. The molecule has 19 heavy (non-hydrogen) atoms. The van der Waals surface area contributed by atoms with Crippen molar-refractivity contribution >= 4 is 34.5 Å². The highest BCUT2D eigenvalue weighted by molar-refractivity contribution is 7.09. The van der Waals surface area contributed by atoms with E-state index in [0.29, 0.717) is 10.0 Å². The molecule has 0 spiro atoms. The van der Waals surface area contributed by atoms with Gasteiger partial charge in [-0.3, -0.25) is 0 Å². The molecule has 1 aliphatic carbocycles. The summed E-state index contributed by atoms with van der Waals surface area (Å²) in [5, 5.41) is 7.93. The van der Waals surface area contributed by atoms with E-state index in [1.165, 1.54) is 12.8 Å². The fourth-order valence-corrected chi connectivity index (χ4v) is 3.07. The van der Waals surface area contributed by atoms with Gasteiger partial charge >= 0.3 is 0 Å². The summed E-state index contributed by atoms with van der Waals surface area (Å²) in [6, 6.07) is 5.46. The largest absolute Gasteiger partial charge is 0.310 e. The van der Waals surface area contributed by atoms with Crippen molar-refractivity contribution in [3.63, 3.8) is 0 Å². The maximum absolute atomic E-state index is 6.18. The molecule has 100 valence electrons. The number of halogens is 2. The van der Waals surface area contributed by atoms with Crippen molar-refractivity contribution in [2.75, 3.05) is 6.54 Å². The van der Waals surface area contributed by atoms with Crippen LogP contribution in [0.4, 0.5) is 0 Å². The van der Waals surface area contributed by atoms with Gasteiger partial charge in [0.2, 0.25) is 0 Å². The molecule has 3 rings (SSSR count). The average Bonchev–Trinajstić information content (AvgIpc) is 3.10. The topological polar surface area (TPSA) is 24.9 Å². The lowest BCUT2D eigenvalue weighted by Crippen LogP contribution is -2.15. The Hall–Kier alpha value is -0.610. The van der Waals surface area contributed by atoms with Crippen LogP contribution in [0.3, 0.4) is 0 Å². The number of hydrogen-bond acceptors (Lipinski definition) is 3. The molecule has 1 aliphatic rings. The molecule has 0 aliphatic heterocycles. The Kier molecular flexibility index (Phi) is 4.08. The molecule has 1 aromatic carbocycles. The molecule has 0 unspecified atom stereocenters. The van der Waals surface area contributed by atoms with Crippen molar-refractivity contribution in [3.05, 3.63) is 38.6 Å². The van der Waals surface area contributed by atoms with Crippen LogP contribution in [-0.4, -0.2) is 11.5 Å². The molecule has 5 heteroatoms. The molecule has 2 nitrogen and oxygen atoms in total. The standard InChI is InChI=1S/C14H14Cl2N2S/c15-10-3-4-12(16)11(5-10)13-8-19-14(18-13)7-17-6-9-1-2-9/h3-5,8-9,17H,1-2,6-7H2. The minimum Gasteiger partial charge on any atom is -0.310 e. The number of aromatic nitrogens is 1. The lowest BCUT2D eigenvalue weighted by atomic mass is 10.2. The van der Waals surface area contributed by atoms with Gasteiger partial charge < -0.3 is 5.32 Å². The van der Waals surface area contributed by atoms with Gasteiger partial charge in [-0.2, -0.15) is 0 Å². The predicted molar refractivity (Wildman–Crippen MR) is 82.0 cm³/mol. The van der Waals surface area contributed by atoms with E-state index in [-0.39, 0.29) is 0 Å². The van der Waals surface area contributed by atoms with Crippen LogP contribution in [0.5, 0.6) is 0 Å². The summed E-state index contributed by atoms with van der Waals surface area (Å²) >= 11 is 13.8. The fraction of sp³-hybridized carbons (Fsp3) is 0.357. The number of benzene rings is 1. The molecule has 0 radical (unpaired) electrons. The van der Waals surface area contributed by atoms with E-state index < -0.39 is 0 Å². The van der Waals surface area contributed by atoms with E-state index in [0.717, 1.165) is 35.3 Å². The van der Waals surface area contributed by atoms with E-state index >= 15 is 0 Å². The number of rotatable bonds is 5. The van der Waals surface area contributed by atoms with Crippen molar-refractivity contribution in [2.24, 2.45) is 5.92 Å². The smallest absolute Gasteiger partial charge is 0.107 e. The van der Waals surface area contributed by atoms with Crippen molar-refractivity contribution in [1.82, 2.24) is 10.3 Å². The Morgan fingerprint density at radius 3 is 2.95 bits per heavy atom. The van der Waals surface area contributed by atoms with Gasteiger partial charge in [0.15, 0.2) is 0 Å². The van der Waals surface area contributed by atoms with Gasteiger partial charge in [0, 0.05) is 22.5 Å². The maximum atomic E-state index is 6.18. The Morgan fingerprint density at radius 2 is 2.16 bits per heavy atom. The van der Waals surface area contributed by atoms with Crippen LogP contribution in [0.2, 0.25) is 10.0 Å². The molecule has 1 fully saturated rings. The summed E-state index contributed by atoms with van der Waals surface area (Å²) in [7, 11) is 0. The number of nitrogens with zero attached hydrogens (tertiary/aromatic N) is 1. The number of thiazole rings is 1. The van der Waals surface area contributed by atoms with Gasteiger partial charge in [0.25, 0.3) is 0 Å². The second-order valence-electron chi connectivity index (χ2n) is 4.82. The summed E-state index contributed by atoms with van der Waals surface area (Å²) in [4.78, 5) is 4.61. The summed E-state index contributed by atoms with van der Waals surface area (Å²) in [5.74, 6) is 0.891. The van der Waals surface area contributed by atoms with Gasteiger partial charge in [-0.05, 0) is 43.5 Å². The quantitative estimate of drug-likeness (QED) is 0.871.